The molecule has 1 aromatic carbocycles. The molecule has 6 nitrogen and oxygen atoms in total. The van der Waals surface area contributed by atoms with Crippen molar-refractivity contribution in [1.82, 2.24) is 4.90 Å². The van der Waals surface area contributed by atoms with Gasteiger partial charge in [0.2, 0.25) is 5.91 Å². The maximum atomic E-state index is 12.0. The summed E-state index contributed by atoms with van der Waals surface area (Å²) in [5.74, 6) is 0.762. The van der Waals surface area contributed by atoms with Gasteiger partial charge in [-0.25, -0.2) is 0 Å². The maximum Gasteiger partial charge on any atom is 0.281 e. The SMILES string of the molecule is O=C(CCN1CCSC1=O)Nc1ccc(N2CCOCC2)cc1. The van der Waals surface area contributed by atoms with Gasteiger partial charge in [0, 0.05) is 49.7 Å². The van der Waals surface area contributed by atoms with Crippen LogP contribution in [0.5, 0.6) is 0 Å². The monoisotopic (exact) mass is 335 g/mol. The van der Waals surface area contributed by atoms with Crippen molar-refractivity contribution in [3.8, 4) is 0 Å². The number of benzene rings is 1. The maximum absolute atomic E-state index is 12.0. The number of hydrogen-bond donors (Lipinski definition) is 1. The minimum absolute atomic E-state index is 0.0613. The number of carbonyl (C=O) groups excluding carboxylic acids is 2. The Balaban J connectivity index is 1.47. The molecule has 7 heteroatoms. The topological polar surface area (TPSA) is 61.9 Å². The number of rotatable bonds is 5. The Bertz CT molecular complexity index is 558. The highest BCUT2D eigenvalue weighted by Crippen LogP contribution is 2.20. The lowest BCUT2D eigenvalue weighted by Gasteiger charge is -2.28. The highest BCUT2D eigenvalue weighted by Gasteiger charge is 2.21. The Kier molecular flexibility index (Phi) is 5.40. The molecule has 1 aromatic rings. The Morgan fingerprint density at radius 2 is 1.91 bits per heavy atom. The van der Waals surface area contributed by atoms with Crippen molar-refractivity contribution < 1.29 is 14.3 Å². The molecule has 0 radical (unpaired) electrons. The predicted molar refractivity (Wildman–Crippen MR) is 92.1 cm³/mol. The van der Waals surface area contributed by atoms with Gasteiger partial charge in [-0.15, -0.1) is 0 Å². The van der Waals surface area contributed by atoms with Crippen LogP contribution in [0.2, 0.25) is 0 Å². The Labute approximate surface area is 140 Å². The predicted octanol–water partition coefficient (Wildman–Crippen LogP) is 2.02. The first-order valence-corrected chi connectivity index (χ1v) is 8.85. The molecule has 124 valence electrons. The second-order valence-electron chi connectivity index (χ2n) is 5.55. The molecule has 2 aliphatic heterocycles. The first-order chi connectivity index (χ1) is 11.2. The summed E-state index contributed by atoms with van der Waals surface area (Å²) in [5.41, 5.74) is 1.93. The second kappa shape index (κ2) is 7.70. The Morgan fingerprint density at radius 1 is 1.17 bits per heavy atom. The molecular weight excluding hydrogens is 314 g/mol. The lowest BCUT2D eigenvalue weighted by atomic mass is 10.2. The number of morpholine rings is 1. The minimum Gasteiger partial charge on any atom is -0.378 e. The standard InChI is InChI=1S/C16H21N3O3S/c20-15(5-6-19-9-12-23-16(19)21)17-13-1-3-14(4-2-13)18-7-10-22-11-8-18/h1-4H,5-12H2,(H,17,20). The molecule has 2 aliphatic rings. The summed E-state index contributed by atoms with van der Waals surface area (Å²) in [6.45, 7) is 4.54. The molecule has 0 aliphatic carbocycles. The molecule has 3 rings (SSSR count). The fourth-order valence-corrected chi connectivity index (χ4v) is 3.52. The van der Waals surface area contributed by atoms with Gasteiger partial charge in [0.05, 0.1) is 13.2 Å². The van der Waals surface area contributed by atoms with Gasteiger partial charge < -0.3 is 19.9 Å². The van der Waals surface area contributed by atoms with Gasteiger partial charge in [0.25, 0.3) is 5.24 Å². The molecule has 2 saturated heterocycles. The summed E-state index contributed by atoms with van der Waals surface area (Å²) in [6.07, 6.45) is 0.331. The summed E-state index contributed by atoms with van der Waals surface area (Å²) in [7, 11) is 0. The number of nitrogens with one attached hydrogen (secondary N) is 1. The largest absolute Gasteiger partial charge is 0.378 e. The van der Waals surface area contributed by atoms with Crippen molar-refractivity contribution in [1.29, 1.82) is 0 Å². The van der Waals surface area contributed by atoms with Crippen molar-refractivity contribution in [2.75, 3.05) is 55.4 Å². The van der Waals surface area contributed by atoms with E-state index in [-0.39, 0.29) is 11.1 Å². The van der Waals surface area contributed by atoms with E-state index < -0.39 is 0 Å². The summed E-state index contributed by atoms with van der Waals surface area (Å²) in [6, 6.07) is 7.86. The molecule has 1 N–H and O–H groups in total. The highest BCUT2D eigenvalue weighted by molar-refractivity contribution is 8.13. The van der Waals surface area contributed by atoms with E-state index in [2.05, 4.69) is 10.2 Å². The lowest BCUT2D eigenvalue weighted by molar-refractivity contribution is -0.116. The van der Waals surface area contributed by atoms with Crippen LogP contribution in [0.4, 0.5) is 16.2 Å². The Morgan fingerprint density at radius 3 is 2.57 bits per heavy atom. The third-order valence-corrected chi connectivity index (χ3v) is 4.87. The zero-order chi connectivity index (χ0) is 16.1. The van der Waals surface area contributed by atoms with Crippen LogP contribution in [0.3, 0.4) is 0 Å². The zero-order valence-corrected chi connectivity index (χ0v) is 13.8. The van der Waals surface area contributed by atoms with Gasteiger partial charge in [-0.1, -0.05) is 11.8 Å². The van der Waals surface area contributed by atoms with E-state index >= 15 is 0 Å². The van der Waals surface area contributed by atoms with Crippen LogP contribution in [-0.2, 0) is 9.53 Å². The molecule has 0 aromatic heterocycles. The smallest absolute Gasteiger partial charge is 0.281 e. The van der Waals surface area contributed by atoms with Crippen molar-refractivity contribution in [2.24, 2.45) is 0 Å². The quantitative estimate of drug-likeness (QED) is 0.892. The number of ether oxygens (including phenoxy) is 1. The van der Waals surface area contributed by atoms with Gasteiger partial charge in [-0.05, 0) is 24.3 Å². The van der Waals surface area contributed by atoms with E-state index in [0.29, 0.717) is 13.0 Å². The van der Waals surface area contributed by atoms with Crippen LogP contribution in [0.15, 0.2) is 24.3 Å². The average Bonchev–Trinajstić information content (AvgIpc) is 3.00. The minimum atomic E-state index is -0.0613. The van der Waals surface area contributed by atoms with Gasteiger partial charge in [-0.2, -0.15) is 0 Å². The van der Waals surface area contributed by atoms with Crippen LogP contribution >= 0.6 is 11.8 Å². The van der Waals surface area contributed by atoms with Crippen LogP contribution in [0.1, 0.15) is 6.42 Å². The van der Waals surface area contributed by atoms with Gasteiger partial charge in [-0.3, -0.25) is 9.59 Å². The van der Waals surface area contributed by atoms with Crippen LogP contribution < -0.4 is 10.2 Å². The normalized spacial score (nSPS) is 18.3. The molecule has 0 unspecified atom stereocenters. The van der Waals surface area contributed by atoms with Gasteiger partial charge in [0.1, 0.15) is 0 Å². The van der Waals surface area contributed by atoms with Crippen molar-refractivity contribution in [2.45, 2.75) is 6.42 Å². The average molecular weight is 335 g/mol. The van der Waals surface area contributed by atoms with Gasteiger partial charge >= 0.3 is 0 Å². The van der Waals surface area contributed by atoms with E-state index in [1.807, 2.05) is 24.3 Å². The molecule has 2 fully saturated rings. The number of nitrogens with zero attached hydrogens (tertiary/aromatic N) is 2. The first kappa shape index (κ1) is 16.1. The fraction of sp³-hybridized carbons (Fsp3) is 0.500. The van der Waals surface area contributed by atoms with E-state index in [1.165, 1.54) is 11.8 Å². The molecule has 0 saturated carbocycles. The van der Waals surface area contributed by atoms with E-state index in [0.717, 1.165) is 50.0 Å². The second-order valence-corrected chi connectivity index (χ2v) is 6.59. The van der Waals surface area contributed by atoms with E-state index in [1.54, 1.807) is 4.90 Å². The van der Waals surface area contributed by atoms with Crippen LogP contribution in [0.25, 0.3) is 0 Å². The van der Waals surface area contributed by atoms with E-state index in [9.17, 15) is 9.59 Å². The van der Waals surface area contributed by atoms with Gasteiger partial charge in [0.15, 0.2) is 0 Å². The van der Waals surface area contributed by atoms with Crippen molar-refractivity contribution in [3.05, 3.63) is 24.3 Å². The third kappa shape index (κ3) is 4.39. The number of thioether (sulfide) groups is 1. The first-order valence-electron chi connectivity index (χ1n) is 7.87. The van der Waals surface area contributed by atoms with Crippen LogP contribution in [0, 0.1) is 0 Å². The zero-order valence-electron chi connectivity index (χ0n) is 13.0. The number of carbonyl (C=O) groups is 2. The molecule has 2 heterocycles. The molecule has 0 bridgehead atoms. The van der Waals surface area contributed by atoms with Crippen LogP contribution in [-0.4, -0.2) is 61.2 Å². The summed E-state index contributed by atoms with van der Waals surface area (Å²) < 4.78 is 5.35. The molecule has 0 spiro atoms. The summed E-state index contributed by atoms with van der Waals surface area (Å²) >= 11 is 1.32. The summed E-state index contributed by atoms with van der Waals surface area (Å²) in [5, 5.41) is 2.96. The summed E-state index contributed by atoms with van der Waals surface area (Å²) in [4.78, 5) is 27.5. The molecule has 2 amide bonds. The highest BCUT2D eigenvalue weighted by atomic mass is 32.2. The lowest BCUT2D eigenvalue weighted by Crippen LogP contribution is -2.36. The van der Waals surface area contributed by atoms with E-state index in [4.69, 9.17) is 4.74 Å². The number of hydrogen-bond acceptors (Lipinski definition) is 5. The third-order valence-electron chi connectivity index (χ3n) is 3.98. The fourth-order valence-electron chi connectivity index (χ4n) is 2.67. The molecule has 0 atom stereocenters. The number of anilines is 2. The molecular formula is C16H21N3O3S. The van der Waals surface area contributed by atoms with Crippen molar-refractivity contribution >= 4 is 34.3 Å². The molecule has 23 heavy (non-hydrogen) atoms. The van der Waals surface area contributed by atoms with Crippen molar-refractivity contribution in [3.63, 3.8) is 0 Å². The number of amides is 2. The Hall–Kier alpha value is -1.73.